The third-order valence-corrected chi connectivity index (χ3v) is 5.11. The van der Waals surface area contributed by atoms with Crippen LogP contribution in [0.25, 0.3) is 0 Å². The Bertz CT molecular complexity index is 646. The molecular weight excluding hydrogens is 260 g/mol. The molecule has 3 heterocycles. The van der Waals surface area contributed by atoms with Crippen molar-refractivity contribution in [1.29, 1.82) is 0 Å². The number of fused-ring (bicyclic) bond motifs is 3. The number of hydroxylamine groups is 2. The van der Waals surface area contributed by atoms with Gasteiger partial charge in [-0.15, -0.1) is 0 Å². The van der Waals surface area contributed by atoms with Gasteiger partial charge in [0.15, 0.2) is 0 Å². The first-order valence-corrected chi connectivity index (χ1v) is 7.75. The van der Waals surface area contributed by atoms with E-state index in [1.54, 1.807) is 0 Å². The fourth-order valence-electron chi connectivity index (χ4n) is 3.88. The van der Waals surface area contributed by atoms with Crippen molar-refractivity contribution in [3.63, 3.8) is 0 Å². The molecule has 3 nitrogen and oxygen atoms in total. The van der Waals surface area contributed by atoms with E-state index in [-0.39, 0.29) is 11.6 Å². The van der Waals surface area contributed by atoms with Crippen LogP contribution in [0.1, 0.15) is 44.1 Å². The predicted octanol–water partition coefficient (Wildman–Crippen LogP) is 3.95. The van der Waals surface area contributed by atoms with Crippen LogP contribution in [-0.2, 0) is 11.4 Å². The second-order valence-corrected chi connectivity index (χ2v) is 6.78. The molecule has 0 aliphatic carbocycles. The molecule has 0 unspecified atom stereocenters. The van der Waals surface area contributed by atoms with Gasteiger partial charge in [-0.05, 0) is 38.5 Å². The summed E-state index contributed by atoms with van der Waals surface area (Å²) >= 11 is 0. The first-order chi connectivity index (χ1) is 10.1. The molecule has 3 atom stereocenters. The molecule has 110 valence electrons. The quantitative estimate of drug-likeness (QED) is 0.830. The van der Waals surface area contributed by atoms with Gasteiger partial charge in [-0.3, -0.25) is 4.84 Å². The van der Waals surface area contributed by atoms with Gasteiger partial charge in [0.05, 0.1) is 17.7 Å². The average molecular weight is 282 g/mol. The van der Waals surface area contributed by atoms with Crippen LogP contribution >= 0.6 is 0 Å². The molecule has 2 aliphatic rings. The standard InChI is InChI=1S/C18H22N2O/c1-13(14-8-5-4-6-9-14)20-17-15(18(2,3)21-20)12-19-11-7-10-16(17)19/h4-11,13,15,17H,12H2,1-3H3/t13-,15+,17+/m1/s1. The molecule has 0 bridgehead atoms. The summed E-state index contributed by atoms with van der Waals surface area (Å²) in [5, 5.41) is 2.22. The number of hydrogen-bond acceptors (Lipinski definition) is 2. The minimum absolute atomic E-state index is 0.118. The van der Waals surface area contributed by atoms with Gasteiger partial charge >= 0.3 is 0 Å². The van der Waals surface area contributed by atoms with Gasteiger partial charge in [0.1, 0.15) is 0 Å². The molecule has 3 heteroatoms. The largest absolute Gasteiger partial charge is 0.349 e. The minimum Gasteiger partial charge on any atom is -0.349 e. The summed E-state index contributed by atoms with van der Waals surface area (Å²) in [4.78, 5) is 6.38. The molecule has 0 amide bonds. The molecule has 2 aliphatic heterocycles. The Kier molecular flexibility index (Phi) is 2.78. The molecule has 2 aromatic rings. The smallest absolute Gasteiger partial charge is 0.0909 e. The number of rotatable bonds is 2. The zero-order chi connectivity index (χ0) is 14.6. The Labute approximate surface area is 126 Å². The first-order valence-electron chi connectivity index (χ1n) is 7.75. The predicted molar refractivity (Wildman–Crippen MR) is 82.5 cm³/mol. The van der Waals surface area contributed by atoms with Crippen LogP contribution in [0.4, 0.5) is 0 Å². The minimum atomic E-state index is -0.118. The summed E-state index contributed by atoms with van der Waals surface area (Å²) in [6.07, 6.45) is 2.19. The van der Waals surface area contributed by atoms with Crippen LogP contribution in [0.15, 0.2) is 48.7 Å². The van der Waals surface area contributed by atoms with Crippen LogP contribution in [0.2, 0.25) is 0 Å². The third-order valence-electron chi connectivity index (χ3n) is 5.11. The lowest BCUT2D eigenvalue weighted by atomic mass is 9.86. The van der Waals surface area contributed by atoms with Crippen LogP contribution in [0.5, 0.6) is 0 Å². The normalized spacial score (nSPS) is 28.3. The molecule has 0 N–H and O–H groups in total. The molecule has 4 rings (SSSR count). The van der Waals surface area contributed by atoms with Crippen LogP contribution in [0, 0.1) is 5.92 Å². The number of hydrogen-bond donors (Lipinski definition) is 0. The fourth-order valence-corrected chi connectivity index (χ4v) is 3.88. The lowest BCUT2D eigenvalue weighted by Gasteiger charge is -2.30. The van der Waals surface area contributed by atoms with Gasteiger partial charge in [0.25, 0.3) is 0 Å². The van der Waals surface area contributed by atoms with Crippen molar-refractivity contribution < 1.29 is 4.84 Å². The molecule has 1 aromatic heterocycles. The first kappa shape index (κ1) is 13.1. The number of nitrogens with zero attached hydrogens (tertiary/aromatic N) is 2. The maximum atomic E-state index is 6.38. The third kappa shape index (κ3) is 1.88. The highest BCUT2D eigenvalue weighted by molar-refractivity contribution is 5.24. The van der Waals surface area contributed by atoms with Crippen molar-refractivity contribution in [1.82, 2.24) is 9.63 Å². The van der Waals surface area contributed by atoms with E-state index < -0.39 is 0 Å². The topological polar surface area (TPSA) is 17.4 Å². The summed E-state index contributed by atoms with van der Waals surface area (Å²) in [5.74, 6) is 0.514. The highest BCUT2D eigenvalue weighted by Crippen LogP contribution is 2.52. The Balaban J connectivity index is 1.73. The van der Waals surface area contributed by atoms with Crippen molar-refractivity contribution in [2.24, 2.45) is 5.92 Å². The van der Waals surface area contributed by atoms with E-state index in [1.165, 1.54) is 11.3 Å². The van der Waals surface area contributed by atoms with E-state index in [2.05, 4.69) is 79.1 Å². The molecule has 21 heavy (non-hydrogen) atoms. The van der Waals surface area contributed by atoms with E-state index in [1.807, 2.05) is 0 Å². The summed E-state index contributed by atoms with van der Waals surface area (Å²) in [6.45, 7) is 7.72. The van der Waals surface area contributed by atoms with Crippen LogP contribution in [0.3, 0.4) is 0 Å². The molecule has 0 spiro atoms. The van der Waals surface area contributed by atoms with Gasteiger partial charge in [0.2, 0.25) is 0 Å². The van der Waals surface area contributed by atoms with Gasteiger partial charge in [-0.2, -0.15) is 5.06 Å². The van der Waals surface area contributed by atoms with E-state index >= 15 is 0 Å². The van der Waals surface area contributed by atoms with Gasteiger partial charge < -0.3 is 4.57 Å². The monoisotopic (exact) mass is 282 g/mol. The van der Waals surface area contributed by atoms with E-state index in [4.69, 9.17) is 4.84 Å². The zero-order valence-electron chi connectivity index (χ0n) is 12.9. The lowest BCUT2D eigenvalue weighted by Crippen LogP contribution is -2.31. The summed E-state index contributed by atoms with van der Waals surface area (Å²) < 4.78 is 2.38. The second-order valence-electron chi connectivity index (χ2n) is 6.78. The second kappa shape index (κ2) is 4.46. The zero-order valence-corrected chi connectivity index (χ0v) is 12.9. The van der Waals surface area contributed by atoms with Crippen molar-refractivity contribution >= 4 is 0 Å². The Morgan fingerprint density at radius 2 is 1.90 bits per heavy atom. The highest BCUT2D eigenvalue weighted by atomic mass is 16.7. The maximum absolute atomic E-state index is 6.38. The maximum Gasteiger partial charge on any atom is 0.0909 e. The molecule has 1 saturated heterocycles. The van der Waals surface area contributed by atoms with Gasteiger partial charge in [-0.1, -0.05) is 30.3 Å². The van der Waals surface area contributed by atoms with Crippen LogP contribution < -0.4 is 0 Å². The summed E-state index contributed by atoms with van der Waals surface area (Å²) in [5.41, 5.74) is 2.57. The van der Waals surface area contributed by atoms with Crippen molar-refractivity contribution in [2.75, 3.05) is 0 Å². The molecule has 1 fully saturated rings. The molecule has 1 aromatic carbocycles. The Hall–Kier alpha value is -1.58. The fraction of sp³-hybridized carbons (Fsp3) is 0.444. The Morgan fingerprint density at radius 1 is 1.14 bits per heavy atom. The lowest BCUT2D eigenvalue weighted by molar-refractivity contribution is -0.219. The highest BCUT2D eigenvalue weighted by Gasteiger charge is 2.54. The van der Waals surface area contributed by atoms with Crippen LogP contribution in [-0.4, -0.2) is 15.2 Å². The van der Waals surface area contributed by atoms with E-state index in [0.717, 1.165) is 6.54 Å². The average Bonchev–Trinajstić information content (AvgIpc) is 3.11. The molecule has 0 radical (unpaired) electrons. The van der Waals surface area contributed by atoms with Crippen molar-refractivity contribution in [3.05, 3.63) is 59.9 Å². The van der Waals surface area contributed by atoms with Crippen molar-refractivity contribution in [2.45, 2.75) is 45.0 Å². The van der Waals surface area contributed by atoms with Gasteiger partial charge in [-0.25, -0.2) is 0 Å². The number of benzene rings is 1. The van der Waals surface area contributed by atoms with E-state index in [9.17, 15) is 0 Å². The van der Waals surface area contributed by atoms with Gasteiger partial charge in [0, 0.05) is 24.4 Å². The molecular formula is C18H22N2O. The van der Waals surface area contributed by atoms with E-state index in [0.29, 0.717) is 12.0 Å². The molecule has 0 saturated carbocycles. The summed E-state index contributed by atoms with van der Waals surface area (Å²) in [7, 11) is 0. The summed E-state index contributed by atoms with van der Waals surface area (Å²) in [6, 6.07) is 15.6. The Morgan fingerprint density at radius 3 is 2.67 bits per heavy atom. The van der Waals surface area contributed by atoms with Crippen molar-refractivity contribution in [3.8, 4) is 0 Å². The SMILES string of the molecule is C[C@H](c1ccccc1)N1OC(C)(C)[C@H]2Cn3cccc3[C@H]21. The number of aromatic nitrogens is 1.